The Labute approximate surface area is 218 Å². The molecule has 1 fully saturated rings. The number of hydrogen-bond acceptors (Lipinski definition) is 6. The van der Waals surface area contributed by atoms with Crippen LogP contribution in [0.3, 0.4) is 0 Å². The van der Waals surface area contributed by atoms with Crippen LogP contribution in [0.1, 0.15) is 17.5 Å². The summed E-state index contributed by atoms with van der Waals surface area (Å²) in [6.07, 6.45) is -3.37. The number of rotatable bonds is 6. The summed E-state index contributed by atoms with van der Waals surface area (Å²) in [6, 6.07) is 18.7. The van der Waals surface area contributed by atoms with Crippen molar-refractivity contribution in [3.05, 3.63) is 83.9 Å². The van der Waals surface area contributed by atoms with Crippen LogP contribution in [0.2, 0.25) is 0 Å². The maximum absolute atomic E-state index is 13.9. The SMILES string of the molecule is CS(=O)(=O)c1ccc(CN2C[C@@H]3C[C@H]2C(=O)N(Cc2ccc(OC(F)(F)F)cc2)c2ccccc2O3)cc1. The summed E-state index contributed by atoms with van der Waals surface area (Å²) < 4.78 is 71.5. The average Bonchev–Trinajstić information content (AvgIpc) is 3.25. The largest absolute Gasteiger partial charge is 0.573 e. The van der Waals surface area contributed by atoms with Crippen LogP contribution in [0.15, 0.2) is 77.7 Å². The van der Waals surface area contributed by atoms with Crippen molar-refractivity contribution in [1.29, 1.82) is 0 Å². The molecule has 0 aliphatic carbocycles. The van der Waals surface area contributed by atoms with Gasteiger partial charge in [-0.2, -0.15) is 0 Å². The van der Waals surface area contributed by atoms with E-state index >= 15 is 0 Å². The second kappa shape index (κ2) is 9.95. The molecule has 2 bridgehead atoms. The number of likely N-dealkylation sites (tertiary alicyclic amines) is 1. The van der Waals surface area contributed by atoms with E-state index in [1.807, 2.05) is 11.0 Å². The van der Waals surface area contributed by atoms with Crippen molar-refractivity contribution in [2.75, 3.05) is 17.7 Å². The summed E-state index contributed by atoms with van der Waals surface area (Å²) in [4.78, 5) is 17.8. The predicted octanol–water partition coefficient (Wildman–Crippen LogP) is 4.56. The minimum absolute atomic E-state index is 0.129. The average molecular weight is 547 g/mol. The number of benzene rings is 3. The first-order chi connectivity index (χ1) is 18.0. The number of carbonyl (C=O) groups excluding carboxylic acids is 1. The van der Waals surface area contributed by atoms with E-state index < -0.39 is 22.2 Å². The molecule has 1 amide bonds. The highest BCUT2D eigenvalue weighted by Crippen LogP contribution is 2.37. The van der Waals surface area contributed by atoms with Crippen LogP contribution >= 0.6 is 0 Å². The van der Waals surface area contributed by atoms with Gasteiger partial charge in [-0.25, -0.2) is 8.42 Å². The Hall–Kier alpha value is -3.57. The number of fused-ring (bicyclic) bond motifs is 3. The third kappa shape index (κ3) is 5.78. The molecule has 200 valence electrons. The van der Waals surface area contributed by atoms with Gasteiger partial charge in [0.15, 0.2) is 9.84 Å². The van der Waals surface area contributed by atoms with Crippen LogP contribution in [0.5, 0.6) is 11.5 Å². The van der Waals surface area contributed by atoms with E-state index in [1.165, 1.54) is 24.3 Å². The molecule has 11 heteroatoms. The second-order valence-corrected chi connectivity index (χ2v) is 11.4. The third-order valence-corrected chi connectivity index (χ3v) is 7.73. The number of carbonyl (C=O) groups is 1. The van der Waals surface area contributed by atoms with Gasteiger partial charge in [-0.1, -0.05) is 36.4 Å². The summed E-state index contributed by atoms with van der Waals surface area (Å²) in [7, 11) is -3.32. The molecule has 3 aromatic carbocycles. The van der Waals surface area contributed by atoms with Gasteiger partial charge in [0.05, 0.1) is 23.2 Å². The van der Waals surface area contributed by atoms with Gasteiger partial charge in [0.25, 0.3) is 0 Å². The molecule has 2 aliphatic heterocycles. The molecule has 5 rings (SSSR count). The monoisotopic (exact) mass is 546 g/mol. The molecular formula is C27H25F3N2O5S. The van der Waals surface area contributed by atoms with E-state index in [0.29, 0.717) is 36.5 Å². The molecule has 0 spiro atoms. The lowest BCUT2D eigenvalue weighted by Crippen LogP contribution is -2.45. The summed E-state index contributed by atoms with van der Waals surface area (Å²) in [5.74, 6) is 0.0722. The molecule has 3 aromatic rings. The summed E-state index contributed by atoms with van der Waals surface area (Å²) in [6.45, 7) is 1.06. The number of amides is 1. The molecule has 0 aromatic heterocycles. The Morgan fingerprint density at radius 3 is 2.24 bits per heavy atom. The van der Waals surface area contributed by atoms with Gasteiger partial charge in [0.1, 0.15) is 17.6 Å². The van der Waals surface area contributed by atoms with Crippen molar-refractivity contribution >= 4 is 21.4 Å². The van der Waals surface area contributed by atoms with Crippen molar-refractivity contribution in [2.24, 2.45) is 0 Å². The van der Waals surface area contributed by atoms with Gasteiger partial charge < -0.3 is 14.4 Å². The molecule has 38 heavy (non-hydrogen) atoms. The molecule has 2 atom stereocenters. The number of alkyl halides is 3. The lowest BCUT2D eigenvalue weighted by atomic mass is 10.1. The third-order valence-electron chi connectivity index (χ3n) is 6.60. The maximum atomic E-state index is 13.9. The van der Waals surface area contributed by atoms with Crippen LogP contribution in [-0.2, 0) is 27.7 Å². The number of nitrogens with zero attached hydrogens (tertiary/aromatic N) is 2. The van der Waals surface area contributed by atoms with Gasteiger partial charge in [-0.05, 0) is 47.5 Å². The van der Waals surface area contributed by atoms with E-state index in [1.54, 1.807) is 47.4 Å². The Morgan fingerprint density at radius 1 is 0.947 bits per heavy atom. The van der Waals surface area contributed by atoms with Gasteiger partial charge in [0.2, 0.25) is 5.91 Å². The van der Waals surface area contributed by atoms with Crippen molar-refractivity contribution in [3.8, 4) is 11.5 Å². The number of anilines is 1. The van der Waals surface area contributed by atoms with E-state index in [0.717, 1.165) is 11.8 Å². The Bertz CT molecular complexity index is 1430. The van der Waals surface area contributed by atoms with Crippen molar-refractivity contribution < 1.29 is 35.9 Å². The molecule has 7 nitrogen and oxygen atoms in total. The number of halogens is 3. The Balaban J connectivity index is 1.40. The summed E-state index contributed by atoms with van der Waals surface area (Å²) in [5, 5.41) is 0. The van der Waals surface area contributed by atoms with Crippen LogP contribution in [0.25, 0.3) is 0 Å². The van der Waals surface area contributed by atoms with Crippen LogP contribution < -0.4 is 14.4 Å². The normalized spacial score (nSPS) is 19.9. The van der Waals surface area contributed by atoms with E-state index in [2.05, 4.69) is 4.74 Å². The van der Waals surface area contributed by atoms with Crippen LogP contribution in [0, 0.1) is 0 Å². The fourth-order valence-corrected chi connectivity index (χ4v) is 5.49. The Morgan fingerprint density at radius 2 is 1.58 bits per heavy atom. The van der Waals surface area contributed by atoms with E-state index in [4.69, 9.17) is 4.74 Å². The number of hydrogen-bond donors (Lipinski definition) is 0. The molecule has 0 radical (unpaired) electrons. The zero-order valence-corrected chi connectivity index (χ0v) is 21.2. The van der Waals surface area contributed by atoms with Crippen LogP contribution in [-0.4, -0.2) is 50.5 Å². The smallest absolute Gasteiger partial charge is 0.487 e. The van der Waals surface area contributed by atoms with Gasteiger partial charge in [-0.15, -0.1) is 13.2 Å². The number of para-hydroxylation sites is 2. The maximum Gasteiger partial charge on any atom is 0.573 e. The van der Waals surface area contributed by atoms with Crippen molar-refractivity contribution in [1.82, 2.24) is 4.90 Å². The fraction of sp³-hybridized carbons (Fsp3) is 0.296. The molecule has 2 heterocycles. The molecule has 1 saturated heterocycles. The summed E-state index contributed by atoms with van der Waals surface area (Å²) >= 11 is 0. The van der Waals surface area contributed by atoms with Crippen LogP contribution in [0.4, 0.5) is 18.9 Å². The first kappa shape index (κ1) is 26.1. The highest BCUT2D eigenvalue weighted by molar-refractivity contribution is 7.90. The molecule has 0 N–H and O–H groups in total. The van der Waals surface area contributed by atoms with Gasteiger partial charge >= 0.3 is 6.36 Å². The lowest BCUT2D eigenvalue weighted by Gasteiger charge is -2.32. The van der Waals surface area contributed by atoms with E-state index in [-0.39, 0.29) is 29.2 Å². The van der Waals surface area contributed by atoms with Gasteiger partial charge in [0, 0.05) is 25.8 Å². The topological polar surface area (TPSA) is 76.2 Å². The molecule has 0 saturated carbocycles. The lowest BCUT2D eigenvalue weighted by molar-refractivity contribution is -0.274. The first-order valence-electron chi connectivity index (χ1n) is 11.9. The molecule has 2 aliphatic rings. The highest BCUT2D eigenvalue weighted by atomic mass is 32.2. The molecular weight excluding hydrogens is 521 g/mol. The quantitative estimate of drug-likeness (QED) is 0.452. The molecule has 0 unspecified atom stereocenters. The minimum atomic E-state index is -4.79. The van der Waals surface area contributed by atoms with Crippen molar-refractivity contribution in [2.45, 2.75) is 42.9 Å². The zero-order chi connectivity index (χ0) is 27.1. The fourth-order valence-electron chi connectivity index (χ4n) is 4.86. The first-order valence-corrected chi connectivity index (χ1v) is 13.8. The predicted molar refractivity (Wildman–Crippen MR) is 134 cm³/mol. The van der Waals surface area contributed by atoms with E-state index in [9.17, 15) is 26.4 Å². The van der Waals surface area contributed by atoms with Crippen molar-refractivity contribution in [3.63, 3.8) is 0 Å². The standard InChI is InChI=1S/C27H25F3N2O5S/c1-38(34,35)22-12-8-18(9-13-22)15-31-17-21-14-24(31)26(33)32(23-4-2-3-5-25(23)36-21)16-19-6-10-20(11-7-19)37-27(28,29)30/h2-13,21,24H,14-17H2,1H3/t21-,24-/m0/s1. The minimum Gasteiger partial charge on any atom is -0.487 e. The highest BCUT2D eigenvalue weighted by Gasteiger charge is 2.43. The number of ether oxygens (including phenoxy) is 2. The second-order valence-electron chi connectivity index (χ2n) is 9.42. The van der Waals surface area contributed by atoms with Gasteiger partial charge in [-0.3, -0.25) is 9.69 Å². The summed E-state index contributed by atoms with van der Waals surface area (Å²) in [5.41, 5.74) is 2.07. The Kier molecular flexibility index (Phi) is 6.83. The zero-order valence-electron chi connectivity index (χ0n) is 20.4. The number of sulfone groups is 1.